The lowest BCUT2D eigenvalue weighted by molar-refractivity contribution is -0.118. The zero-order valence-corrected chi connectivity index (χ0v) is 19.8. The standard InChI is InChI=1S/C23H17BrClN5OS/c24-18-8-5-7-17(13-18)22-28-29-23(30(22)20-10-2-1-3-11-20)32-15-21(31)27-26-14-16-6-4-9-19(25)12-16/h1-14H,15H2,(H,27,31). The summed E-state index contributed by atoms with van der Waals surface area (Å²) in [5.41, 5.74) is 5.15. The first-order valence-electron chi connectivity index (χ1n) is 9.57. The van der Waals surface area contributed by atoms with E-state index in [9.17, 15) is 4.79 Å². The number of halogens is 2. The molecule has 0 atom stereocenters. The average molecular weight is 527 g/mol. The highest BCUT2D eigenvalue weighted by Crippen LogP contribution is 2.29. The summed E-state index contributed by atoms with van der Waals surface area (Å²) >= 11 is 10.7. The van der Waals surface area contributed by atoms with Crippen molar-refractivity contribution >= 4 is 51.4 Å². The highest BCUT2D eigenvalue weighted by molar-refractivity contribution is 9.10. The van der Waals surface area contributed by atoms with Crippen molar-refractivity contribution in [1.29, 1.82) is 0 Å². The van der Waals surface area contributed by atoms with Crippen molar-refractivity contribution in [3.8, 4) is 17.1 Å². The molecule has 0 saturated heterocycles. The first-order chi connectivity index (χ1) is 15.6. The van der Waals surface area contributed by atoms with Gasteiger partial charge < -0.3 is 0 Å². The summed E-state index contributed by atoms with van der Waals surface area (Å²) in [7, 11) is 0. The number of nitrogens with zero attached hydrogens (tertiary/aromatic N) is 4. The van der Waals surface area contributed by atoms with Crippen LogP contribution in [0.5, 0.6) is 0 Å². The monoisotopic (exact) mass is 525 g/mol. The van der Waals surface area contributed by atoms with Crippen LogP contribution in [0.2, 0.25) is 5.02 Å². The van der Waals surface area contributed by atoms with Gasteiger partial charge in [0.1, 0.15) is 0 Å². The molecule has 160 valence electrons. The Hall–Kier alpha value is -2.94. The van der Waals surface area contributed by atoms with Gasteiger partial charge in [0.2, 0.25) is 0 Å². The molecule has 3 aromatic carbocycles. The van der Waals surface area contributed by atoms with Gasteiger partial charge in [-0.05, 0) is 42.0 Å². The number of rotatable bonds is 7. The Morgan fingerprint density at radius 2 is 1.88 bits per heavy atom. The minimum Gasteiger partial charge on any atom is -0.272 e. The lowest BCUT2D eigenvalue weighted by atomic mass is 10.2. The van der Waals surface area contributed by atoms with E-state index in [2.05, 4.69) is 36.7 Å². The van der Waals surface area contributed by atoms with E-state index in [1.165, 1.54) is 11.8 Å². The normalized spacial score (nSPS) is 11.1. The van der Waals surface area contributed by atoms with Crippen molar-refractivity contribution in [3.63, 3.8) is 0 Å². The number of thioether (sulfide) groups is 1. The lowest BCUT2D eigenvalue weighted by Gasteiger charge is -2.10. The number of carbonyl (C=O) groups is 1. The highest BCUT2D eigenvalue weighted by atomic mass is 79.9. The topological polar surface area (TPSA) is 72.2 Å². The number of hydrazone groups is 1. The first-order valence-corrected chi connectivity index (χ1v) is 11.7. The molecule has 0 spiro atoms. The van der Waals surface area contributed by atoms with E-state index < -0.39 is 0 Å². The second kappa shape index (κ2) is 10.6. The Morgan fingerprint density at radius 3 is 2.66 bits per heavy atom. The number of hydrogen-bond acceptors (Lipinski definition) is 5. The fourth-order valence-corrected chi connectivity index (χ4v) is 4.26. The first kappa shape index (κ1) is 22.3. The molecule has 0 fully saturated rings. The largest absolute Gasteiger partial charge is 0.272 e. The fraction of sp³-hybridized carbons (Fsp3) is 0.0435. The number of hydrogen-bond donors (Lipinski definition) is 1. The van der Waals surface area contributed by atoms with E-state index >= 15 is 0 Å². The summed E-state index contributed by atoms with van der Waals surface area (Å²) in [5.74, 6) is 0.579. The minimum absolute atomic E-state index is 0.135. The number of aromatic nitrogens is 3. The van der Waals surface area contributed by atoms with Gasteiger partial charge in [0.15, 0.2) is 11.0 Å². The maximum atomic E-state index is 12.3. The van der Waals surface area contributed by atoms with E-state index in [0.29, 0.717) is 16.0 Å². The van der Waals surface area contributed by atoms with Gasteiger partial charge in [-0.25, -0.2) is 5.43 Å². The third kappa shape index (κ3) is 5.64. The van der Waals surface area contributed by atoms with Crippen LogP contribution in [-0.4, -0.2) is 32.6 Å². The quantitative estimate of drug-likeness (QED) is 0.193. The van der Waals surface area contributed by atoms with Gasteiger partial charge in [-0.1, -0.05) is 81.8 Å². The SMILES string of the molecule is O=C(CSc1nnc(-c2cccc(Br)c2)n1-c1ccccc1)NN=Cc1cccc(Cl)c1. The van der Waals surface area contributed by atoms with Crippen LogP contribution in [0.25, 0.3) is 17.1 Å². The van der Waals surface area contributed by atoms with Gasteiger partial charge >= 0.3 is 0 Å². The lowest BCUT2D eigenvalue weighted by Crippen LogP contribution is -2.20. The van der Waals surface area contributed by atoms with Crippen LogP contribution in [0.15, 0.2) is 93.6 Å². The smallest absolute Gasteiger partial charge is 0.250 e. The van der Waals surface area contributed by atoms with Crippen LogP contribution < -0.4 is 5.43 Å². The van der Waals surface area contributed by atoms with Crippen LogP contribution in [0, 0.1) is 0 Å². The third-order valence-corrected chi connectivity index (χ3v) is 5.97. The fourth-order valence-electron chi connectivity index (χ4n) is 2.92. The molecular weight excluding hydrogens is 510 g/mol. The molecule has 0 radical (unpaired) electrons. The summed E-state index contributed by atoms with van der Waals surface area (Å²) in [5, 5.41) is 13.9. The molecule has 4 aromatic rings. The van der Waals surface area contributed by atoms with Crippen molar-refractivity contribution in [2.45, 2.75) is 5.16 Å². The van der Waals surface area contributed by atoms with Crippen LogP contribution in [0.1, 0.15) is 5.56 Å². The molecule has 0 aliphatic rings. The molecule has 0 aliphatic heterocycles. The number of para-hydroxylation sites is 1. The molecule has 0 bridgehead atoms. The second-order valence-electron chi connectivity index (χ2n) is 6.62. The second-order valence-corrected chi connectivity index (χ2v) is 8.92. The summed E-state index contributed by atoms with van der Waals surface area (Å²) in [6, 6.07) is 24.9. The number of benzene rings is 3. The molecule has 0 unspecified atom stereocenters. The van der Waals surface area contributed by atoms with Crippen molar-refractivity contribution in [3.05, 3.63) is 93.9 Å². The molecule has 4 rings (SSSR count). The van der Waals surface area contributed by atoms with Gasteiger partial charge in [0.25, 0.3) is 5.91 Å². The molecule has 0 saturated carbocycles. The van der Waals surface area contributed by atoms with Crippen LogP contribution >= 0.6 is 39.3 Å². The zero-order valence-electron chi connectivity index (χ0n) is 16.7. The van der Waals surface area contributed by atoms with Crippen molar-refractivity contribution < 1.29 is 4.79 Å². The number of nitrogens with one attached hydrogen (secondary N) is 1. The summed E-state index contributed by atoms with van der Waals surface area (Å²) in [4.78, 5) is 12.3. The van der Waals surface area contributed by atoms with Crippen LogP contribution in [0.3, 0.4) is 0 Å². The molecule has 1 N–H and O–H groups in total. The maximum Gasteiger partial charge on any atom is 0.250 e. The van der Waals surface area contributed by atoms with E-state index in [1.807, 2.05) is 71.3 Å². The van der Waals surface area contributed by atoms with Gasteiger partial charge in [-0.3, -0.25) is 9.36 Å². The Balaban J connectivity index is 1.50. The molecule has 1 aromatic heterocycles. The Kier molecular flexibility index (Phi) is 7.36. The van der Waals surface area contributed by atoms with Crippen molar-refractivity contribution in [2.75, 3.05) is 5.75 Å². The van der Waals surface area contributed by atoms with E-state index in [4.69, 9.17) is 11.6 Å². The predicted octanol–water partition coefficient (Wildman–Crippen LogP) is 5.59. The van der Waals surface area contributed by atoms with E-state index in [0.717, 1.165) is 21.3 Å². The zero-order chi connectivity index (χ0) is 22.3. The third-order valence-electron chi connectivity index (χ3n) is 4.31. The van der Waals surface area contributed by atoms with Crippen LogP contribution in [0.4, 0.5) is 0 Å². The molecular formula is C23H17BrClN5OS. The van der Waals surface area contributed by atoms with Gasteiger partial charge in [0, 0.05) is 20.7 Å². The van der Waals surface area contributed by atoms with Crippen molar-refractivity contribution in [2.24, 2.45) is 5.10 Å². The van der Waals surface area contributed by atoms with E-state index in [-0.39, 0.29) is 11.7 Å². The number of amides is 1. The van der Waals surface area contributed by atoms with E-state index in [1.54, 1.807) is 18.3 Å². The van der Waals surface area contributed by atoms with Gasteiger partial charge in [0.05, 0.1) is 12.0 Å². The Labute approximate surface area is 202 Å². The average Bonchev–Trinajstić information content (AvgIpc) is 3.22. The molecule has 0 aliphatic carbocycles. The maximum absolute atomic E-state index is 12.3. The highest BCUT2D eigenvalue weighted by Gasteiger charge is 2.17. The predicted molar refractivity (Wildman–Crippen MR) is 132 cm³/mol. The molecule has 1 heterocycles. The van der Waals surface area contributed by atoms with Crippen LogP contribution in [-0.2, 0) is 4.79 Å². The Bertz CT molecular complexity index is 1260. The number of carbonyl (C=O) groups excluding carboxylic acids is 1. The van der Waals surface area contributed by atoms with Gasteiger partial charge in [-0.2, -0.15) is 5.10 Å². The molecule has 6 nitrogen and oxygen atoms in total. The molecule has 1 amide bonds. The molecule has 9 heteroatoms. The molecule has 32 heavy (non-hydrogen) atoms. The Morgan fingerprint density at radius 1 is 1.06 bits per heavy atom. The summed E-state index contributed by atoms with van der Waals surface area (Å²) in [6.45, 7) is 0. The minimum atomic E-state index is -0.250. The van der Waals surface area contributed by atoms with Gasteiger partial charge in [-0.15, -0.1) is 10.2 Å². The summed E-state index contributed by atoms with van der Waals surface area (Å²) in [6.07, 6.45) is 1.55. The van der Waals surface area contributed by atoms with Crippen molar-refractivity contribution in [1.82, 2.24) is 20.2 Å². The summed E-state index contributed by atoms with van der Waals surface area (Å²) < 4.78 is 2.89.